The number of nitrogens with zero attached hydrogens (tertiary/aromatic N) is 4. The van der Waals surface area contributed by atoms with Crippen LogP contribution < -0.4 is 4.90 Å². The third-order valence-electron chi connectivity index (χ3n) is 2.36. The van der Waals surface area contributed by atoms with E-state index in [0.29, 0.717) is 0 Å². The number of alkyl halides is 3. The summed E-state index contributed by atoms with van der Waals surface area (Å²) in [5.74, 6) is 0.0672. The highest BCUT2D eigenvalue weighted by Crippen LogP contribution is 2.30. The summed E-state index contributed by atoms with van der Waals surface area (Å²) in [7, 11) is 0. The van der Waals surface area contributed by atoms with Gasteiger partial charge in [0, 0.05) is 18.7 Å². The molecule has 0 aliphatic heterocycles. The fourth-order valence-electron chi connectivity index (χ4n) is 1.51. The molecule has 0 aliphatic rings. The number of hydrogen-bond acceptors (Lipinski definition) is 4. The highest BCUT2D eigenvalue weighted by atomic mass is 35.5. The molecule has 4 nitrogen and oxygen atoms in total. The van der Waals surface area contributed by atoms with E-state index in [1.807, 2.05) is 6.07 Å². The van der Waals surface area contributed by atoms with Crippen LogP contribution in [0.5, 0.6) is 0 Å². The Morgan fingerprint density at radius 2 is 2.05 bits per heavy atom. The second kappa shape index (κ2) is 6.06. The molecule has 0 fully saturated rings. The summed E-state index contributed by atoms with van der Waals surface area (Å²) in [6.07, 6.45) is -4.40. The molecule has 0 unspecified atom stereocenters. The van der Waals surface area contributed by atoms with Gasteiger partial charge in [-0.05, 0) is 25.4 Å². The van der Waals surface area contributed by atoms with Crippen LogP contribution in [0.1, 0.15) is 26.0 Å². The molecule has 0 bridgehead atoms. The Labute approximate surface area is 113 Å². The third kappa shape index (κ3) is 4.24. The fraction of sp³-hybridized carbons (Fsp3) is 0.545. The molecular formula is C11H12ClF3N4. The highest BCUT2D eigenvalue weighted by Gasteiger charge is 2.34. The summed E-state index contributed by atoms with van der Waals surface area (Å²) < 4.78 is 37.9. The lowest BCUT2D eigenvalue weighted by Crippen LogP contribution is -2.32. The molecule has 0 aromatic carbocycles. The molecule has 1 rings (SSSR count). The van der Waals surface area contributed by atoms with Crippen LogP contribution in [-0.2, 0) is 6.18 Å². The zero-order valence-corrected chi connectivity index (χ0v) is 11.1. The summed E-state index contributed by atoms with van der Waals surface area (Å²) in [4.78, 5) is 8.53. The first-order chi connectivity index (χ1) is 8.75. The first kappa shape index (κ1) is 15.5. The van der Waals surface area contributed by atoms with Gasteiger partial charge in [-0.2, -0.15) is 18.4 Å². The van der Waals surface area contributed by atoms with Gasteiger partial charge in [-0.1, -0.05) is 0 Å². The lowest BCUT2D eigenvalue weighted by molar-refractivity contribution is -0.141. The Balaban J connectivity index is 3.17. The van der Waals surface area contributed by atoms with Gasteiger partial charge in [-0.3, -0.25) is 0 Å². The number of nitriles is 1. The van der Waals surface area contributed by atoms with Gasteiger partial charge in [0.1, 0.15) is 5.82 Å². The number of rotatable bonds is 4. The number of anilines is 1. The maximum atomic E-state index is 12.6. The van der Waals surface area contributed by atoms with Gasteiger partial charge in [0.15, 0.2) is 5.69 Å². The van der Waals surface area contributed by atoms with Crippen molar-refractivity contribution in [1.82, 2.24) is 9.97 Å². The zero-order valence-electron chi connectivity index (χ0n) is 10.4. The summed E-state index contributed by atoms with van der Waals surface area (Å²) >= 11 is 5.52. The molecule has 19 heavy (non-hydrogen) atoms. The van der Waals surface area contributed by atoms with E-state index in [0.717, 1.165) is 6.07 Å². The van der Waals surface area contributed by atoms with Crippen molar-refractivity contribution in [3.05, 3.63) is 17.0 Å². The van der Waals surface area contributed by atoms with Crippen LogP contribution in [0.3, 0.4) is 0 Å². The molecular weight excluding hydrogens is 281 g/mol. The number of halogens is 4. The molecule has 1 heterocycles. The molecule has 0 N–H and O–H groups in total. The quantitative estimate of drug-likeness (QED) is 0.799. The van der Waals surface area contributed by atoms with Crippen LogP contribution >= 0.6 is 11.6 Å². The lowest BCUT2D eigenvalue weighted by atomic mass is 10.2. The SMILES string of the molecule is CC(C)N(CCC#N)c1cc(C(F)(F)F)nc(Cl)n1. The van der Waals surface area contributed by atoms with Gasteiger partial charge in [0.2, 0.25) is 5.28 Å². The molecule has 0 atom stereocenters. The largest absolute Gasteiger partial charge is 0.433 e. The molecule has 0 saturated carbocycles. The Hall–Kier alpha value is -1.55. The van der Waals surface area contributed by atoms with Crippen molar-refractivity contribution < 1.29 is 13.2 Å². The van der Waals surface area contributed by atoms with Gasteiger partial charge in [0.05, 0.1) is 12.5 Å². The average molecular weight is 293 g/mol. The van der Waals surface area contributed by atoms with E-state index in [4.69, 9.17) is 16.9 Å². The van der Waals surface area contributed by atoms with Gasteiger partial charge < -0.3 is 4.90 Å². The van der Waals surface area contributed by atoms with Crippen molar-refractivity contribution in [2.75, 3.05) is 11.4 Å². The van der Waals surface area contributed by atoms with Crippen LogP contribution in [0.2, 0.25) is 5.28 Å². The smallest absolute Gasteiger partial charge is 0.353 e. The Morgan fingerprint density at radius 1 is 1.42 bits per heavy atom. The van der Waals surface area contributed by atoms with Crippen molar-refractivity contribution in [2.24, 2.45) is 0 Å². The van der Waals surface area contributed by atoms with E-state index in [2.05, 4.69) is 9.97 Å². The Morgan fingerprint density at radius 3 is 2.53 bits per heavy atom. The molecule has 0 radical (unpaired) electrons. The topological polar surface area (TPSA) is 52.8 Å². The number of aromatic nitrogens is 2. The minimum atomic E-state index is -4.58. The molecule has 1 aromatic heterocycles. The second-order valence-corrected chi connectivity index (χ2v) is 4.41. The lowest BCUT2D eigenvalue weighted by Gasteiger charge is -2.27. The van der Waals surface area contributed by atoms with Gasteiger partial charge in [0.25, 0.3) is 0 Å². The Bertz CT molecular complexity index is 482. The minimum Gasteiger partial charge on any atom is -0.353 e. The van der Waals surface area contributed by atoms with Crippen LogP contribution in [0.25, 0.3) is 0 Å². The van der Waals surface area contributed by atoms with Gasteiger partial charge in [-0.15, -0.1) is 0 Å². The van der Waals surface area contributed by atoms with E-state index in [9.17, 15) is 13.2 Å². The molecule has 0 saturated heterocycles. The van der Waals surface area contributed by atoms with E-state index in [1.54, 1.807) is 18.7 Å². The van der Waals surface area contributed by atoms with Gasteiger partial charge in [-0.25, -0.2) is 9.97 Å². The van der Waals surface area contributed by atoms with Crippen LogP contribution in [0.15, 0.2) is 6.07 Å². The first-order valence-electron chi connectivity index (χ1n) is 5.51. The fourth-order valence-corrected chi connectivity index (χ4v) is 1.68. The third-order valence-corrected chi connectivity index (χ3v) is 2.53. The highest BCUT2D eigenvalue weighted by molar-refractivity contribution is 6.28. The van der Waals surface area contributed by atoms with E-state index >= 15 is 0 Å². The first-order valence-corrected chi connectivity index (χ1v) is 5.89. The normalized spacial score (nSPS) is 11.5. The Kier molecular flexibility index (Phi) is 4.95. The van der Waals surface area contributed by atoms with E-state index in [-0.39, 0.29) is 24.8 Å². The van der Waals surface area contributed by atoms with Crippen molar-refractivity contribution in [1.29, 1.82) is 5.26 Å². The maximum absolute atomic E-state index is 12.6. The van der Waals surface area contributed by atoms with Crippen molar-refractivity contribution >= 4 is 17.4 Å². The standard InChI is InChI=1S/C11H12ClF3N4/c1-7(2)19(5-3-4-16)9-6-8(11(13,14)15)17-10(12)18-9/h6-7H,3,5H2,1-2H3. The predicted octanol–water partition coefficient (Wildman–Crippen LogP) is 3.28. The molecule has 0 spiro atoms. The predicted molar refractivity (Wildman–Crippen MR) is 64.8 cm³/mol. The minimum absolute atomic E-state index is 0.0672. The molecule has 0 amide bonds. The molecule has 104 valence electrons. The van der Waals surface area contributed by atoms with Crippen molar-refractivity contribution in [3.8, 4) is 6.07 Å². The summed E-state index contributed by atoms with van der Waals surface area (Å²) in [5, 5.41) is 8.10. The number of hydrogen-bond donors (Lipinski definition) is 0. The maximum Gasteiger partial charge on any atom is 0.433 e. The average Bonchev–Trinajstić information content (AvgIpc) is 2.27. The van der Waals surface area contributed by atoms with Crippen LogP contribution in [0, 0.1) is 11.3 Å². The second-order valence-electron chi connectivity index (χ2n) is 4.07. The summed E-state index contributed by atoms with van der Waals surface area (Å²) in [6, 6.07) is 2.67. The van der Waals surface area contributed by atoms with Crippen LogP contribution in [-0.4, -0.2) is 22.6 Å². The molecule has 0 aliphatic carbocycles. The summed E-state index contributed by atoms with van der Waals surface area (Å²) in [5.41, 5.74) is -1.09. The zero-order chi connectivity index (χ0) is 14.6. The van der Waals surface area contributed by atoms with E-state index < -0.39 is 17.2 Å². The van der Waals surface area contributed by atoms with Crippen molar-refractivity contribution in [2.45, 2.75) is 32.5 Å². The molecule has 8 heteroatoms. The molecule has 1 aromatic rings. The van der Waals surface area contributed by atoms with E-state index in [1.165, 1.54) is 0 Å². The monoisotopic (exact) mass is 292 g/mol. The van der Waals surface area contributed by atoms with Gasteiger partial charge >= 0.3 is 6.18 Å². The van der Waals surface area contributed by atoms with Crippen molar-refractivity contribution in [3.63, 3.8) is 0 Å². The summed E-state index contributed by atoms with van der Waals surface area (Å²) in [6.45, 7) is 3.86. The van der Waals surface area contributed by atoms with Crippen LogP contribution in [0.4, 0.5) is 19.0 Å².